The summed E-state index contributed by atoms with van der Waals surface area (Å²) in [4.78, 5) is 13.9. The number of benzene rings is 2. The molecule has 0 spiro atoms. The second-order valence-electron chi connectivity index (χ2n) is 4.97. The zero-order valence-corrected chi connectivity index (χ0v) is 12.6. The minimum absolute atomic E-state index is 0.276. The van der Waals surface area contributed by atoms with Crippen molar-refractivity contribution in [3.63, 3.8) is 0 Å². The van der Waals surface area contributed by atoms with Crippen molar-refractivity contribution in [3.8, 4) is 0 Å². The fourth-order valence-corrected chi connectivity index (χ4v) is 3.04. The van der Waals surface area contributed by atoms with Crippen molar-refractivity contribution in [1.82, 2.24) is 0 Å². The highest BCUT2D eigenvalue weighted by Gasteiger charge is 2.40. The van der Waals surface area contributed by atoms with E-state index in [0.29, 0.717) is 22.2 Å². The molecule has 1 heterocycles. The molecule has 2 aromatic carbocycles. The molecule has 1 saturated heterocycles. The molecule has 1 aliphatic rings. The SMILES string of the molecule is O=C1[C@H](O)C[C@H](c2ccccc2Cl)N1c1ccc(Cl)cc1. The predicted octanol–water partition coefficient (Wildman–Crippen LogP) is 3.83. The third kappa shape index (κ3) is 2.64. The van der Waals surface area contributed by atoms with Crippen LogP contribution in [0, 0.1) is 0 Å². The Morgan fingerprint density at radius 2 is 1.71 bits per heavy atom. The average molecular weight is 322 g/mol. The van der Waals surface area contributed by atoms with Gasteiger partial charge < -0.3 is 10.0 Å². The summed E-state index contributed by atoms with van der Waals surface area (Å²) in [5, 5.41) is 11.1. The van der Waals surface area contributed by atoms with Crippen molar-refractivity contribution in [2.75, 3.05) is 4.90 Å². The number of rotatable bonds is 2. The van der Waals surface area contributed by atoms with Gasteiger partial charge in [-0.3, -0.25) is 4.79 Å². The van der Waals surface area contributed by atoms with Crippen LogP contribution in [0.1, 0.15) is 18.0 Å². The maximum Gasteiger partial charge on any atom is 0.256 e. The largest absolute Gasteiger partial charge is 0.383 e. The highest BCUT2D eigenvalue weighted by atomic mass is 35.5. The Kier molecular flexibility index (Phi) is 3.89. The molecule has 0 unspecified atom stereocenters. The number of carbonyl (C=O) groups is 1. The Morgan fingerprint density at radius 3 is 2.38 bits per heavy atom. The Hall–Kier alpha value is -1.55. The molecule has 1 N–H and O–H groups in total. The normalized spacial score (nSPS) is 21.9. The first-order valence-electron chi connectivity index (χ1n) is 6.59. The van der Waals surface area contributed by atoms with E-state index in [-0.39, 0.29) is 11.9 Å². The molecule has 1 aliphatic heterocycles. The van der Waals surface area contributed by atoms with E-state index in [9.17, 15) is 9.90 Å². The Labute approximate surface area is 132 Å². The van der Waals surface area contributed by atoms with Crippen molar-refractivity contribution in [1.29, 1.82) is 0 Å². The van der Waals surface area contributed by atoms with Gasteiger partial charge in [-0.25, -0.2) is 0 Å². The monoisotopic (exact) mass is 321 g/mol. The van der Waals surface area contributed by atoms with E-state index in [1.54, 1.807) is 35.2 Å². The minimum atomic E-state index is -1.01. The summed E-state index contributed by atoms with van der Waals surface area (Å²) in [6, 6.07) is 14.1. The number of aliphatic hydroxyl groups is 1. The zero-order valence-electron chi connectivity index (χ0n) is 11.0. The van der Waals surface area contributed by atoms with Gasteiger partial charge in [0.05, 0.1) is 6.04 Å². The molecule has 3 nitrogen and oxygen atoms in total. The lowest BCUT2D eigenvalue weighted by Gasteiger charge is -2.25. The third-order valence-corrected chi connectivity index (χ3v) is 4.25. The number of anilines is 1. The molecule has 0 saturated carbocycles. The van der Waals surface area contributed by atoms with Gasteiger partial charge in [-0.05, 0) is 35.9 Å². The Balaban J connectivity index is 2.05. The summed E-state index contributed by atoms with van der Waals surface area (Å²) in [6.45, 7) is 0. The topological polar surface area (TPSA) is 40.5 Å². The number of nitrogens with zero attached hydrogens (tertiary/aromatic N) is 1. The van der Waals surface area contributed by atoms with Gasteiger partial charge in [-0.2, -0.15) is 0 Å². The summed E-state index contributed by atoms with van der Waals surface area (Å²) in [7, 11) is 0. The van der Waals surface area contributed by atoms with Gasteiger partial charge in [0, 0.05) is 22.2 Å². The van der Waals surface area contributed by atoms with Gasteiger partial charge in [-0.15, -0.1) is 0 Å². The van der Waals surface area contributed by atoms with Gasteiger partial charge in [0.2, 0.25) is 0 Å². The molecular weight excluding hydrogens is 309 g/mol. The third-order valence-electron chi connectivity index (χ3n) is 3.65. The summed E-state index contributed by atoms with van der Waals surface area (Å²) >= 11 is 12.1. The molecule has 0 radical (unpaired) electrons. The van der Waals surface area contributed by atoms with Crippen molar-refractivity contribution < 1.29 is 9.90 Å². The smallest absolute Gasteiger partial charge is 0.256 e. The molecule has 3 rings (SSSR count). The van der Waals surface area contributed by atoms with Crippen LogP contribution in [0.2, 0.25) is 10.0 Å². The zero-order chi connectivity index (χ0) is 15.0. The van der Waals surface area contributed by atoms with E-state index in [1.807, 2.05) is 18.2 Å². The summed E-state index contributed by atoms with van der Waals surface area (Å²) < 4.78 is 0. The van der Waals surface area contributed by atoms with E-state index in [2.05, 4.69) is 0 Å². The molecule has 2 atom stereocenters. The van der Waals surface area contributed by atoms with Crippen LogP contribution in [0.4, 0.5) is 5.69 Å². The van der Waals surface area contributed by atoms with Crippen LogP contribution in [0.15, 0.2) is 48.5 Å². The van der Waals surface area contributed by atoms with Crippen molar-refractivity contribution in [2.24, 2.45) is 0 Å². The van der Waals surface area contributed by atoms with Gasteiger partial charge >= 0.3 is 0 Å². The van der Waals surface area contributed by atoms with E-state index in [4.69, 9.17) is 23.2 Å². The molecule has 0 bridgehead atoms. The number of carbonyl (C=O) groups excluding carboxylic acids is 1. The van der Waals surface area contributed by atoms with Crippen LogP contribution in [0.5, 0.6) is 0 Å². The van der Waals surface area contributed by atoms with Crippen LogP contribution >= 0.6 is 23.2 Å². The number of amides is 1. The van der Waals surface area contributed by atoms with Gasteiger partial charge in [0.15, 0.2) is 0 Å². The molecule has 5 heteroatoms. The quantitative estimate of drug-likeness (QED) is 0.913. The maximum absolute atomic E-state index is 12.3. The van der Waals surface area contributed by atoms with Crippen LogP contribution < -0.4 is 4.90 Å². The van der Waals surface area contributed by atoms with Crippen molar-refractivity contribution in [3.05, 3.63) is 64.1 Å². The standard InChI is InChI=1S/C16H13Cl2NO2/c17-10-5-7-11(8-6-10)19-14(9-15(20)16(19)21)12-3-1-2-4-13(12)18/h1-8,14-15,20H,9H2/t14-,15-/m1/s1. The molecule has 0 aromatic heterocycles. The van der Waals surface area contributed by atoms with E-state index >= 15 is 0 Å². The number of halogens is 2. The Bertz CT molecular complexity index is 672. The molecule has 1 fully saturated rings. The van der Waals surface area contributed by atoms with E-state index < -0.39 is 6.10 Å². The summed E-state index contributed by atoms with van der Waals surface area (Å²) in [5.74, 6) is -0.317. The fraction of sp³-hybridized carbons (Fsp3) is 0.188. The molecule has 108 valence electrons. The molecule has 0 aliphatic carbocycles. The number of hydrogen-bond donors (Lipinski definition) is 1. The van der Waals surface area contributed by atoms with Crippen LogP contribution in [-0.4, -0.2) is 17.1 Å². The van der Waals surface area contributed by atoms with Crippen LogP contribution in [-0.2, 0) is 4.79 Å². The van der Waals surface area contributed by atoms with Gasteiger partial charge in [0.1, 0.15) is 6.10 Å². The number of aliphatic hydroxyl groups excluding tert-OH is 1. The van der Waals surface area contributed by atoms with Gasteiger partial charge in [0.25, 0.3) is 5.91 Å². The van der Waals surface area contributed by atoms with Crippen molar-refractivity contribution in [2.45, 2.75) is 18.6 Å². The lowest BCUT2D eigenvalue weighted by molar-refractivity contribution is -0.124. The van der Waals surface area contributed by atoms with Crippen molar-refractivity contribution >= 4 is 34.8 Å². The van der Waals surface area contributed by atoms with Crippen LogP contribution in [0.3, 0.4) is 0 Å². The maximum atomic E-state index is 12.3. The highest BCUT2D eigenvalue weighted by molar-refractivity contribution is 6.31. The second kappa shape index (κ2) is 5.68. The molecule has 1 amide bonds. The second-order valence-corrected chi connectivity index (χ2v) is 5.82. The molecule has 2 aromatic rings. The van der Waals surface area contributed by atoms with E-state index in [0.717, 1.165) is 5.56 Å². The lowest BCUT2D eigenvalue weighted by Crippen LogP contribution is -2.30. The lowest BCUT2D eigenvalue weighted by atomic mass is 10.0. The number of hydrogen-bond acceptors (Lipinski definition) is 2. The molecule has 21 heavy (non-hydrogen) atoms. The first-order chi connectivity index (χ1) is 10.1. The Morgan fingerprint density at radius 1 is 1.05 bits per heavy atom. The minimum Gasteiger partial charge on any atom is -0.383 e. The predicted molar refractivity (Wildman–Crippen MR) is 83.8 cm³/mol. The first kappa shape index (κ1) is 14.4. The van der Waals surface area contributed by atoms with Crippen LogP contribution in [0.25, 0.3) is 0 Å². The van der Waals surface area contributed by atoms with E-state index in [1.165, 1.54) is 0 Å². The highest BCUT2D eigenvalue weighted by Crippen LogP contribution is 2.39. The molecular formula is C16H13Cl2NO2. The fourth-order valence-electron chi connectivity index (χ4n) is 2.65. The van der Waals surface area contributed by atoms with Gasteiger partial charge in [-0.1, -0.05) is 41.4 Å². The summed E-state index contributed by atoms with van der Waals surface area (Å²) in [6.07, 6.45) is -0.687. The summed E-state index contributed by atoms with van der Waals surface area (Å²) in [5.41, 5.74) is 1.53. The average Bonchev–Trinajstić information content (AvgIpc) is 2.76. The first-order valence-corrected chi connectivity index (χ1v) is 7.34.